The SMILES string of the molecule is CN(CC=O)C(=O)N(NC(N)=O)c1ccccc1. The molecule has 0 saturated carbocycles. The van der Waals surface area contributed by atoms with Crippen LogP contribution in [0.4, 0.5) is 15.3 Å². The first-order chi connectivity index (χ1) is 8.56. The van der Waals surface area contributed by atoms with Crippen molar-refractivity contribution in [3.05, 3.63) is 30.3 Å². The molecule has 1 aromatic carbocycles. The summed E-state index contributed by atoms with van der Waals surface area (Å²) in [7, 11) is 1.44. The number of nitrogens with zero attached hydrogens (tertiary/aromatic N) is 2. The van der Waals surface area contributed by atoms with Crippen molar-refractivity contribution in [2.75, 3.05) is 18.6 Å². The summed E-state index contributed by atoms with van der Waals surface area (Å²) >= 11 is 0. The standard InChI is InChI=1S/C11H14N4O3/c1-14(7-8-16)11(18)15(13-10(12)17)9-5-3-2-4-6-9/h2-6,8H,7H2,1H3,(H3,12,13,17). The minimum absolute atomic E-state index is 0.0807. The predicted molar refractivity (Wildman–Crippen MR) is 65.7 cm³/mol. The number of para-hydroxylation sites is 1. The third-order valence-electron chi connectivity index (χ3n) is 2.10. The molecule has 0 aliphatic carbocycles. The molecule has 0 aromatic heterocycles. The van der Waals surface area contributed by atoms with Gasteiger partial charge in [-0.25, -0.2) is 20.0 Å². The predicted octanol–water partition coefficient (Wildman–Crippen LogP) is 0.327. The molecule has 7 heteroatoms. The molecule has 1 aromatic rings. The van der Waals surface area contributed by atoms with Gasteiger partial charge in [0, 0.05) is 7.05 Å². The van der Waals surface area contributed by atoms with Crippen molar-refractivity contribution in [1.29, 1.82) is 0 Å². The van der Waals surface area contributed by atoms with Crippen molar-refractivity contribution >= 4 is 24.0 Å². The van der Waals surface area contributed by atoms with Crippen molar-refractivity contribution in [1.82, 2.24) is 10.3 Å². The third kappa shape index (κ3) is 3.48. The number of amides is 4. The lowest BCUT2D eigenvalue weighted by Crippen LogP contribution is -2.53. The van der Waals surface area contributed by atoms with E-state index in [4.69, 9.17) is 5.73 Å². The molecule has 0 unspecified atom stereocenters. The summed E-state index contributed by atoms with van der Waals surface area (Å²) in [5.41, 5.74) is 7.65. The second-order valence-corrected chi connectivity index (χ2v) is 3.48. The second-order valence-electron chi connectivity index (χ2n) is 3.48. The van der Waals surface area contributed by atoms with Crippen LogP contribution < -0.4 is 16.2 Å². The van der Waals surface area contributed by atoms with Crippen LogP contribution in [0.15, 0.2) is 30.3 Å². The van der Waals surface area contributed by atoms with E-state index in [2.05, 4.69) is 5.43 Å². The Bertz CT molecular complexity index is 435. The van der Waals surface area contributed by atoms with Crippen molar-refractivity contribution in [3.63, 3.8) is 0 Å². The highest BCUT2D eigenvalue weighted by Gasteiger charge is 2.20. The largest absolute Gasteiger partial charge is 0.350 e. The van der Waals surface area contributed by atoms with E-state index in [1.807, 2.05) is 0 Å². The molecule has 1 rings (SSSR count). The number of benzene rings is 1. The van der Waals surface area contributed by atoms with E-state index in [0.717, 1.165) is 9.91 Å². The molecule has 4 amide bonds. The van der Waals surface area contributed by atoms with Gasteiger partial charge >= 0.3 is 12.1 Å². The normalized spacial score (nSPS) is 9.39. The Morgan fingerprint density at radius 3 is 2.44 bits per heavy atom. The fraction of sp³-hybridized carbons (Fsp3) is 0.182. The van der Waals surface area contributed by atoms with Gasteiger partial charge in [0.1, 0.15) is 6.29 Å². The molecule has 3 N–H and O–H groups in total. The number of carbonyl (C=O) groups is 3. The lowest BCUT2D eigenvalue weighted by Gasteiger charge is -2.26. The first-order valence-electron chi connectivity index (χ1n) is 5.16. The number of hydrogen-bond acceptors (Lipinski definition) is 3. The van der Waals surface area contributed by atoms with E-state index in [-0.39, 0.29) is 6.54 Å². The summed E-state index contributed by atoms with van der Waals surface area (Å²) in [6, 6.07) is 7.01. The number of anilines is 1. The Kier molecular flexibility index (Phi) is 4.67. The van der Waals surface area contributed by atoms with E-state index < -0.39 is 12.1 Å². The van der Waals surface area contributed by atoms with Gasteiger partial charge in [-0.3, -0.25) is 0 Å². The highest BCUT2D eigenvalue weighted by atomic mass is 16.2. The number of hydrazine groups is 1. The van der Waals surface area contributed by atoms with Crippen LogP contribution in [0.3, 0.4) is 0 Å². The first kappa shape index (κ1) is 13.5. The topological polar surface area (TPSA) is 95.7 Å². The minimum atomic E-state index is -0.869. The number of hydrogen-bond donors (Lipinski definition) is 2. The molecule has 96 valence electrons. The van der Waals surface area contributed by atoms with Crippen molar-refractivity contribution in [2.45, 2.75) is 0 Å². The van der Waals surface area contributed by atoms with E-state index in [1.165, 1.54) is 7.05 Å². The zero-order chi connectivity index (χ0) is 13.5. The molecule has 0 saturated heterocycles. The van der Waals surface area contributed by atoms with Crippen molar-refractivity contribution < 1.29 is 14.4 Å². The third-order valence-corrected chi connectivity index (χ3v) is 2.10. The van der Waals surface area contributed by atoms with Gasteiger partial charge in [0.05, 0.1) is 12.2 Å². The van der Waals surface area contributed by atoms with Gasteiger partial charge in [0.25, 0.3) is 0 Å². The van der Waals surface area contributed by atoms with Crippen molar-refractivity contribution in [2.24, 2.45) is 5.73 Å². The number of urea groups is 2. The Labute approximate surface area is 104 Å². The average Bonchev–Trinajstić information content (AvgIpc) is 2.36. The fourth-order valence-corrected chi connectivity index (χ4v) is 1.27. The van der Waals surface area contributed by atoms with Gasteiger partial charge in [-0.05, 0) is 12.1 Å². The molecule has 0 aliphatic rings. The Hall–Kier alpha value is -2.57. The highest BCUT2D eigenvalue weighted by Crippen LogP contribution is 2.12. The molecule has 18 heavy (non-hydrogen) atoms. The molecular weight excluding hydrogens is 236 g/mol. The van der Waals surface area contributed by atoms with Crippen LogP contribution in [0, 0.1) is 0 Å². The summed E-state index contributed by atoms with van der Waals surface area (Å²) in [6.45, 7) is -0.0807. The Morgan fingerprint density at radius 2 is 1.94 bits per heavy atom. The maximum absolute atomic E-state index is 12.0. The molecule has 0 atom stereocenters. The minimum Gasteiger partial charge on any atom is -0.350 e. The van der Waals surface area contributed by atoms with E-state index in [0.29, 0.717) is 12.0 Å². The number of nitrogens with two attached hydrogens (primary N) is 1. The molecular formula is C11H14N4O3. The number of carbonyl (C=O) groups excluding carboxylic acids is 3. The smallest absolute Gasteiger partial charge is 0.343 e. The lowest BCUT2D eigenvalue weighted by atomic mass is 10.3. The molecule has 0 radical (unpaired) electrons. The maximum Gasteiger partial charge on any atom is 0.343 e. The molecule has 0 fully saturated rings. The summed E-state index contributed by atoms with van der Waals surface area (Å²) in [4.78, 5) is 34.4. The molecule has 0 aliphatic heterocycles. The zero-order valence-electron chi connectivity index (χ0n) is 9.87. The van der Waals surface area contributed by atoms with Crippen LogP contribution >= 0.6 is 0 Å². The summed E-state index contributed by atoms with van der Waals surface area (Å²) < 4.78 is 0. The number of aldehydes is 1. The summed E-state index contributed by atoms with van der Waals surface area (Å²) in [6.07, 6.45) is 0.589. The first-order valence-corrected chi connectivity index (χ1v) is 5.16. The Balaban J connectivity index is 2.95. The maximum atomic E-state index is 12.0. The fourth-order valence-electron chi connectivity index (χ4n) is 1.27. The van der Waals surface area contributed by atoms with E-state index in [1.54, 1.807) is 30.3 Å². The van der Waals surface area contributed by atoms with Gasteiger partial charge in [-0.1, -0.05) is 18.2 Å². The zero-order valence-corrected chi connectivity index (χ0v) is 9.87. The summed E-state index contributed by atoms with van der Waals surface area (Å²) in [5.74, 6) is 0. The highest BCUT2D eigenvalue weighted by molar-refractivity contribution is 5.95. The quantitative estimate of drug-likeness (QED) is 0.597. The molecule has 0 heterocycles. The number of rotatable bonds is 3. The van der Waals surface area contributed by atoms with Crippen LogP contribution in [-0.4, -0.2) is 36.8 Å². The van der Waals surface area contributed by atoms with Gasteiger partial charge in [0.15, 0.2) is 0 Å². The average molecular weight is 250 g/mol. The van der Waals surface area contributed by atoms with Gasteiger partial charge < -0.3 is 15.4 Å². The van der Waals surface area contributed by atoms with E-state index >= 15 is 0 Å². The monoisotopic (exact) mass is 250 g/mol. The van der Waals surface area contributed by atoms with Crippen molar-refractivity contribution in [3.8, 4) is 0 Å². The van der Waals surface area contributed by atoms with Crippen LogP contribution in [0.25, 0.3) is 0 Å². The Morgan fingerprint density at radius 1 is 1.33 bits per heavy atom. The van der Waals surface area contributed by atoms with Crippen LogP contribution in [0.5, 0.6) is 0 Å². The van der Waals surface area contributed by atoms with Gasteiger partial charge in [-0.15, -0.1) is 0 Å². The summed E-state index contributed by atoms with van der Waals surface area (Å²) in [5, 5.41) is 0.978. The lowest BCUT2D eigenvalue weighted by molar-refractivity contribution is -0.108. The molecule has 7 nitrogen and oxygen atoms in total. The van der Waals surface area contributed by atoms with Crippen LogP contribution in [0.1, 0.15) is 0 Å². The van der Waals surface area contributed by atoms with Crippen LogP contribution in [0.2, 0.25) is 0 Å². The second kappa shape index (κ2) is 6.24. The van der Waals surface area contributed by atoms with Gasteiger partial charge in [-0.2, -0.15) is 0 Å². The number of nitrogens with one attached hydrogen (secondary N) is 1. The van der Waals surface area contributed by atoms with Crippen LogP contribution in [-0.2, 0) is 4.79 Å². The molecule has 0 spiro atoms. The van der Waals surface area contributed by atoms with E-state index in [9.17, 15) is 14.4 Å². The number of primary amides is 1. The van der Waals surface area contributed by atoms with Gasteiger partial charge in [0.2, 0.25) is 0 Å². The molecule has 0 bridgehead atoms. The number of likely N-dealkylation sites (N-methyl/N-ethyl adjacent to an activating group) is 1.